The van der Waals surface area contributed by atoms with Crippen LogP contribution in [-0.4, -0.2) is 28.7 Å². The Balaban J connectivity index is 2.53. The van der Waals surface area contributed by atoms with Gasteiger partial charge >= 0.3 is 5.97 Å². The number of benzene rings is 2. The van der Waals surface area contributed by atoms with Crippen molar-refractivity contribution in [2.75, 3.05) is 18.0 Å². The Morgan fingerprint density at radius 3 is 2.36 bits per heavy atom. The maximum Gasteiger partial charge on any atom is 0.355 e. The van der Waals surface area contributed by atoms with Gasteiger partial charge in [-0.25, -0.2) is 9.18 Å². The fourth-order valence-electron chi connectivity index (χ4n) is 3.19. The number of carbonyl (C=O) groups is 1. The Morgan fingerprint density at radius 2 is 1.80 bits per heavy atom. The molecule has 0 aliphatic heterocycles. The summed E-state index contributed by atoms with van der Waals surface area (Å²) in [6, 6.07) is 12.0. The van der Waals surface area contributed by atoms with E-state index in [9.17, 15) is 14.3 Å². The number of hydrogen-bond donors (Lipinski definition) is 1. The van der Waals surface area contributed by atoms with Gasteiger partial charge in [-0.15, -0.1) is 0 Å². The van der Waals surface area contributed by atoms with Crippen LogP contribution in [0.1, 0.15) is 24.3 Å². The Kier molecular flexibility index (Phi) is 4.68. The average Bonchev–Trinajstić information content (AvgIpc) is 2.96. The van der Waals surface area contributed by atoms with E-state index in [1.165, 1.54) is 6.07 Å². The van der Waals surface area contributed by atoms with Gasteiger partial charge in [0.15, 0.2) is 5.69 Å². The number of nitrogens with zero attached hydrogens (tertiary/aromatic N) is 2. The number of carboxylic acid groups (broad SMARTS) is 1. The van der Waals surface area contributed by atoms with Crippen molar-refractivity contribution in [1.29, 1.82) is 0 Å². The number of anilines is 1. The highest BCUT2D eigenvalue weighted by Gasteiger charge is 2.28. The van der Waals surface area contributed by atoms with Crippen LogP contribution >= 0.6 is 11.6 Å². The van der Waals surface area contributed by atoms with Gasteiger partial charge in [0.25, 0.3) is 0 Å². The van der Waals surface area contributed by atoms with Crippen LogP contribution in [0.5, 0.6) is 0 Å². The minimum absolute atomic E-state index is 0.0587. The maximum atomic E-state index is 14.1. The third-order valence-corrected chi connectivity index (χ3v) is 4.66. The van der Waals surface area contributed by atoms with Crippen LogP contribution in [0.25, 0.3) is 16.6 Å². The van der Waals surface area contributed by atoms with Crippen LogP contribution in [0.3, 0.4) is 0 Å². The third kappa shape index (κ3) is 2.74. The van der Waals surface area contributed by atoms with Crippen molar-refractivity contribution in [2.45, 2.75) is 13.8 Å². The van der Waals surface area contributed by atoms with Gasteiger partial charge in [0.2, 0.25) is 0 Å². The average molecular weight is 361 g/mol. The molecule has 3 aromatic rings. The SMILES string of the molecule is CCN(CC)c1c(C(=O)O)n(-c2ccccc2)c2ccc(F)c(Cl)c12. The minimum atomic E-state index is -1.08. The lowest BCUT2D eigenvalue weighted by Crippen LogP contribution is -2.24. The van der Waals surface area contributed by atoms with Gasteiger partial charge in [-0.05, 0) is 38.1 Å². The second-order valence-electron chi connectivity index (χ2n) is 5.60. The minimum Gasteiger partial charge on any atom is -0.476 e. The number of para-hydroxylation sites is 1. The topological polar surface area (TPSA) is 45.5 Å². The summed E-state index contributed by atoms with van der Waals surface area (Å²) in [5.41, 5.74) is 1.78. The molecule has 6 heteroatoms. The molecule has 1 heterocycles. The quantitative estimate of drug-likeness (QED) is 0.698. The molecular formula is C19H18ClFN2O2. The van der Waals surface area contributed by atoms with Crippen molar-refractivity contribution < 1.29 is 14.3 Å². The molecule has 0 aliphatic rings. The summed E-state index contributed by atoms with van der Waals surface area (Å²) in [6.45, 7) is 5.01. The number of halogens is 2. The van der Waals surface area contributed by atoms with E-state index in [4.69, 9.17) is 11.6 Å². The molecule has 0 spiro atoms. The second-order valence-corrected chi connectivity index (χ2v) is 5.98. The molecule has 25 heavy (non-hydrogen) atoms. The highest BCUT2D eigenvalue weighted by Crippen LogP contribution is 2.41. The lowest BCUT2D eigenvalue weighted by Gasteiger charge is -2.22. The van der Waals surface area contributed by atoms with E-state index in [2.05, 4.69) is 0 Å². The predicted octanol–water partition coefficient (Wildman–Crippen LogP) is 4.97. The van der Waals surface area contributed by atoms with Gasteiger partial charge in [0, 0.05) is 24.2 Å². The highest BCUT2D eigenvalue weighted by molar-refractivity contribution is 6.37. The predicted molar refractivity (Wildman–Crippen MR) is 98.8 cm³/mol. The first-order valence-electron chi connectivity index (χ1n) is 8.07. The van der Waals surface area contributed by atoms with E-state index in [0.29, 0.717) is 35.4 Å². The smallest absolute Gasteiger partial charge is 0.355 e. The summed E-state index contributed by atoms with van der Waals surface area (Å²) in [5, 5.41) is 10.3. The monoisotopic (exact) mass is 360 g/mol. The molecule has 2 aromatic carbocycles. The van der Waals surface area contributed by atoms with Crippen LogP contribution in [0.2, 0.25) is 5.02 Å². The Labute approximate surface area is 150 Å². The molecule has 1 aromatic heterocycles. The van der Waals surface area contributed by atoms with Crippen molar-refractivity contribution in [2.24, 2.45) is 0 Å². The van der Waals surface area contributed by atoms with Crippen molar-refractivity contribution in [1.82, 2.24) is 4.57 Å². The van der Waals surface area contributed by atoms with Crippen LogP contribution in [0.4, 0.5) is 10.1 Å². The number of hydrogen-bond acceptors (Lipinski definition) is 2. The fourth-order valence-corrected chi connectivity index (χ4v) is 3.44. The number of aromatic carboxylic acids is 1. The van der Waals surface area contributed by atoms with Gasteiger partial charge in [0.05, 0.1) is 16.2 Å². The molecule has 0 aliphatic carbocycles. The zero-order valence-corrected chi connectivity index (χ0v) is 14.7. The molecule has 0 saturated carbocycles. The first-order valence-corrected chi connectivity index (χ1v) is 8.45. The van der Waals surface area contributed by atoms with Gasteiger partial charge in [-0.2, -0.15) is 0 Å². The van der Waals surface area contributed by atoms with Crippen LogP contribution in [-0.2, 0) is 0 Å². The van der Waals surface area contributed by atoms with Crippen molar-refractivity contribution in [3.05, 3.63) is 59.0 Å². The normalized spacial score (nSPS) is 11.0. The fraction of sp³-hybridized carbons (Fsp3) is 0.211. The molecule has 0 fully saturated rings. The molecule has 0 radical (unpaired) electrons. The molecule has 130 valence electrons. The summed E-state index contributed by atoms with van der Waals surface area (Å²) in [4.78, 5) is 14.0. The summed E-state index contributed by atoms with van der Waals surface area (Å²) in [5.74, 6) is -1.65. The third-order valence-electron chi connectivity index (χ3n) is 4.30. The number of rotatable bonds is 5. The molecule has 0 unspecified atom stereocenters. The standard InChI is InChI=1S/C19H18ClFN2O2/c1-3-22(4-2)17-15-14(11-10-13(21)16(15)20)23(18(17)19(24)25)12-8-6-5-7-9-12/h5-11H,3-4H2,1-2H3,(H,24,25). The van der Waals surface area contributed by atoms with Crippen LogP contribution in [0.15, 0.2) is 42.5 Å². The summed E-state index contributed by atoms with van der Waals surface area (Å²) < 4.78 is 15.8. The van der Waals surface area contributed by atoms with Crippen LogP contribution < -0.4 is 4.90 Å². The van der Waals surface area contributed by atoms with E-state index < -0.39 is 11.8 Å². The van der Waals surface area contributed by atoms with E-state index in [1.807, 2.05) is 49.1 Å². The Hall–Kier alpha value is -2.53. The van der Waals surface area contributed by atoms with Crippen molar-refractivity contribution >= 4 is 34.2 Å². The van der Waals surface area contributed by atoms with E-state index >= 15 is 0 Å². The molecule has 1 N–H and O–H groups in total. The zero-order chi connectivity index (χ0) is 18.1. The van der Waals surface area contributed by atoms with Crippen LogP contribution in [0, 0.1) is 5.82 Å². The summed E-state index contributed by atoms with van der Waals surface area (Å²) >= 11 is 6.26. The summed E-state index contributed by atoms with van der Waals surface area (Å²) in [7, 11) is 0. The molecule has 0 atom stereocenters. The second kappa shape index (κ2) is 6.76. The first-order chi connectivity index (χ1) is 12.0. The lowest BCUT2D eigenvalue weighted by atomic mass is 10.2. The van der Waals surface area contributed by atoms with Gasteiger partial charge < -0.3 is 14.6 Å². The number of aromatic nitrogens is 1. The molecule has 0 saturated heterocycles. The molecular weight excluding hydrogens is 343 g/mol. The lowest BCUT2D eigenvalue weighted by molar-refractivity contribution is 0.0689. The maximum absolute atomic E-state index is 14.1. The van der Waals surface area contributed by atoms with E-state index in [0.717, 1.165) is 0 Å². The molecule has 0 amide bonds. The number of fused-ring (bicyclic) bond motifs is 1. The zero-order valence-electron chi connectivity index (χ0n) is 14.0. The largest absolute Gasteiger partial charge is 0.476 e. The number of carboxylic acids is 1. The summed E-state index contributed by atoms with van der Waals surface area (Å²) in [6.07, 6.45) is 0. The Morgan fingerprint density at radius 1 is 1.16 bits per heavy atom. The highest BCUT2D eigenvalue weighted by atomic mass is 35.5. The molecule has 4 nitrogen and oxygen atoms in total. The van der Waals surface area contributed by atoms with Gasteiger partial charge in [-0.1, -0.05) is 29.8 Å². The van der Waals surface area contributed by atoms with Crippen molar-refractivity contribution in [3.63, 3.8) is 0 Å². The molecule has 3 rings (SSSR count). The Bertz CT molecular complexity index is 934. The van der Waals surface area contributed by atoms with Gasteiger partial charge in [0.1, 0.15) is 5.82 Å². The van der Waals surface area contributed by atoms with Crippen molar-refractivity contribution in [3.8, 4) is 5.69 Å². The van der Waals surface area contributed by atoms with E-state index in [-0.39, 0.29) is 10.7 Å². The first kappa shape index (κ1) is 17.3. The van der Waals surface area contributed by atoms with Gasteiger partial charge in [-0.3, -0.25) is 0 Å². The molecule has 0 bridgehead atoms. The van der Waals surface area contributed by atoms with E-state index in [1.54, 1.807) is 10.6 Å².